The quantitative estimate of drug-likeness (QED) is 0.339. The highest BCUT2D eigenvalue weighted by molar-refractivity contribution is 7.80. The number of aromatic nitrogens is 1. The number of anilines is 1. The van der Waals surface area contributed by atoms with Crippen molar-refractivity contribution in [1.82, 2.24) is 10.3 Å². The Morgan fingerprint density at radius 3 is 2.46 bits per heavy atom. The predicted molar refractivity (Wildman–Crippen MR) is 136 cm³/mol. The third-order valence-corrected chi connectivity index (χ3v) is 5.40. The van der Waals surface area contributed by atoms with E-state index in [0.29, 0.717) is 34.2 Å². The van der Waals surface area contributed by atoms with Crippen molar-refractivity contribution in [1.29, 1.82) is 0 Å². The lowest BCUT2D eigenvalue weighted by atomic mass is 10.1. The highest BCUT2D eigenvalue weighted by Gasteiger charge is 2.13. The number of aryl methyl sites for hydroxylation is 1. The SMILES string of the molecule is COc1cc2nccc(Oc3ccc(NC(=S)NC(=O)c4cccc(F)c4)c(C)c3)c2cc1OC. The van der Waals surface area contributed by atoms with Crippen molar-refractivity contribution in [3.63, 3.8) is 0 Å². The molecule has 0 bridgehead atoms. The van der Waals surface area contributed by atoms with Gasteiger partial charge in [-0.1, -0.05) is 6.07 Å². The van der Waals surface area contributed by atoms with Gasteiger partial charge < -0.3 is 19.5 Å². The van der Waals surface area contributed by atoms with Gasteiger partial charge in [-0.2, -0.15) is 0 Å². The third kappa shape index (κ3) is 5.47. The van der Waals surface area contributed by atoms with E-state index in [2.05, 4.69) is 15.6 Å². The number of hydrogen-bond donors (Lipinski definition) is 2. The molecule has 0 aliphatic heterocycles. The van der Waals surface area contributed by atoms with Crippen LogP contribution in [0.15, 0.2) is 66.9 Å². The van der Waals surface area contributed by atoms with Crippen molar-refractivity contribution in [2.45, 2.75) is 6.92 Å². The number of fused-ring (bicyclic) bond motifs is 1. The Kier molecular flexibility index (Phi) is 7.07. The molecule has 178 valence electrons. The molecule has 35 heavy (non-hydrogen) atoms. The predicted octanol–water partition coefficient (Wildman–Crippen LogP) is 5.62. The fourth-order valence-corrected chi connectivity index (χ4v) is 3.66. The van der Waals surface area contributed by atoms with Crippen LogP contribution in [0.1, 0.15) is 15.9 Å². The normalized spacial score (nSPS) is 10.5. The largest absolute Gasteiger partial charge is 0.493 e. The van der Waals surface area contributed by atoms with E-state index in [-0.39, 0.29) is 10.7 Å². The average molecular weight is 492 g/mol. The van der Waals surface area contributed by atoms with Crippen molar-refractivity contribution in [3.8, 4) is 23.0 Å². The van der Waals surface area contributed by atoms with Gasteiger partial charge in [-0.3, -0.25) is 15.1 Å². The van der Waals surface area contributed by atoms with Crippen LogP contribution in [-0.4, -0.2) is 30.2 Å². The van der Waals surface area contributed by atoms with Gasteiger partial charge >= 0.3 is 0 Å². The number of nitrogens with zero attached hydrogens (tertiary/aromatic N) is 1. The summed E-state index contributed by atoms with van der Waals surface area (Å²) in [5, 5.41) is 6.40. The lowest BCUT2D eigenvalue weighted by Gasteiger charge is -2.15. The zero-order chi connectivity index (χ0) is 24.9. The molecule has 2 N–H and O–H groups in total. The molecule has 0 aliphatic rings. The molecule has 3 aromatic carbocycles. The molecule has 0 aliphatic carbocycles. The van der Waals surface area contributed by atoms with Crippen LogP contribution in [0.4, 0.5) is 10.1 Å². The average Bonchev–Trinajstić information content (AvgIpc) is 2.85. The molecule has 1 heterocycles. The number of benzene rings is 3. The Hall–Kier alpha value is -4.24. The second kappa shape index (κ2) is 10.4. The van der Waals surface area contributed by atoms with Gasteiger partial charge in [-0.15, -0.1) is 0 Å². The van der Waals surface area contributed by atoms with Crippen LogP contribution < -0.4 is 24.8 Å². The zero-order valence-electron chi connectivity index (χ0n) is 19.2. The third-order valence-electron chi connectivity index (χ3n) is 5.19. The molecule has 0 radical (unpaired) electrons. The van der Waals surface area contributed by atoms with Crippen molar-refractivity contribution >= 4 is 39.8 Å². The monoisotopic (exact) mass is 491 g/mol. The van der Waals surface area contributed by atoms with Gasteiger partial charge in [0.05, 0.1) is 19.7 Å². The van der Waals surface area contributed by atoms with E-state index >= 15 is 0 Å². The van der Waals surface area contributed by atoms with Crippen LogP contribution in [0.5, 0.6) is 23.0 Å². The van der Waals surface area contributed by atoms with E-state index in [9.17, 15) is 9.18 Å². The fraction of sp³-hybridized carbons (Fsp3) is 0.115. The lowest BCUT2D eigenvalue weighted by molar-refractivity contribution is 0.0977. The van der Waals surface area contributed by atoms with Gasteiger partial charge in [-0.25, -0.2) is 4.39 Å². The first-order chi connectivity index (χ1) is 16.9. The minimum atomic E-state index is -0.503. The first kappa shape index (κ1) is 23.9. The van der Waals surface area contributed by atoms with Crippen LogP contribution in [-0.2, 0) is 0 Å². The Labute approximate surface area is 206 Å². The molecule has 4 aromatic rings. The molecule has 0 unspecified atom stereocenters. The van der Waals surface area contributed by atoms with Crippen molar-refractivity contribution in [2.24, 2.45) is 0 Å². The molecule has 7 nitrogen and oxygen atoms in total. The number of carbonyl (C=O) groups excluding carboxylic acids is 1. The van der Waals surface area contributed by atoms with Crippen LogP contribution in [0.3, 0.4) is 0 Å². The minimum absolute atomic E-state index is 0.0946. The first-order valence-electron chi connectivity index (χ1n) is 10.5. The van der Waals surface area contributed by atoms with Crippen LogP contribution >= 0.6 is 12.2 Å². The summed E-state index contributed by atoms with van der Waals surface area (Å²) in [6.07, 6.45) is 1.66. The number of methoxy groups -OCH3 is 2. The Balaban J connectivity index is 1.49. The molecule has 0 spiro atoms. The number of pyridine rings is 1. The van der Waals surface area contributed by atoms with Crippen molar-refractivity contribution in [3.05, 3.63) is 83.8 Å². The Morgan fingerprint density at radius 1 is 0.971 bits per heavy atom. The maximum absolute atomic E-state index is 13.4. The molecular weight excluding hydrogens is 469 g/mol. The van der Waals surface area contributed by atoms with E-state index < -0.39 is 11.7 Å². The second-order valence-electron chi connectivity index (χ2n) is 7.53. The number of hydrogen-bond acceptors (Lipinski definition) is 6. The summed E-state index contributed by atoms with van der Waals surface area (Å²) in [6.45, 7) is 1.88. The highest BCUT2D eigenvalue weighted by Crippen LogP contribution is 2.37. The van der Waals surface area contributed by atoms with Crippen LogP contribution in [0, 0.1) is 12.7 Å². The van der Waals surface area contributed by atoms with Gasteiger partial charge in [0.2, 0.25) is 0 Å². The Bertz CT molecular complexity index is 1430. The summed E-state index contributed by atoms with van der Waals surface area (Å²) in [5.41, 5.74) is 2.40. The van der Waals surface area contributed by atoms with Gasteiger partial charge in [0.25, 0.3) is 5.91 Å². The first-order valence-corrected chi connectivity index (χ1v) is 11.0. The molecule has 0 saturated carbocycles. The molecular formula is C26H22FN3O4S. The molecule has 1 aromatic heterocycles. The summed E-state index contributed by atoms with van der Waals surface area (Å²) in [5.74, 6) is 1.36. The van der Waals surface area contributed by atoms with Crippen molar-refractivity contribution < 1.29 is 23.4 Å². The Morgan fingerprint density at radius 2 is 1.74 bits per heavy atom. The fourth-order valence-electron chi connectivity index (χ4n) is 3.46. The summed E-state index contributed by atoms with van der Waals surface area (Å²) in [6, 6.07) is 16.2. The summed E-state index contributed by atoms with van der Waals surface area (Å²) in [7, 11) is 3.14. The van der Waals surface area contributed by atoms with Crippen LogP contribution in [0.2, 0.25) is 0 Å². The van der Waals surface area contributed by atoms with Crippen molar-refractivity contribution in [2.75, 3.05) is 19.5 Å². The molecule has 4 rings (SSSR count). The van der Waals surface area contributed by atoms with Gasteiger partial charge in [0, 0.05) is 28.9 Å². The number of thiocarbonyl (C=S) groups is 1. The standard InChI is InChI=1S/C26H22FN3O4S/c1-15-11-18(34-22-9-10-28-21-14-24(33-3)23(32-2)13-19(21)22)7-8-20(15)29-26(35)30-25(31)16-5-4-6-17(27)12-16/h4-14H,1-3H3,(H2,29,30,31,35). The number of nitrogens with one attached hydrogen (secondary N) is 2. The number of halogens is 1. The maximum Gasteiger partial charge on any atom is 0.257 e. The number of carbonyl (C=O) groups is 1. The summed E-state index contributed by atoms with van der Waals surface area (Å²) < 4.78 is 30.3. The summed E-state index contributed by atoms with van der Waals surface area (Å²) >= 11 is 5.24. The topological polar surface area (TPSA) is 81.7 Å². The number of ether oxygens (including phenoxy) is 3. The smallest absolute Gasteiger partial charge is 0.257 e. The summed E-state index contributed by atoms with van der Waals surface area (Å²) in [4.78, 5) is 16.7. The number of amides is 1. The minimum Gasteiger partial charge on any atom is -0.493 e. The highest BCUT2D eigenvalue weighted by atomic mass is 32.1. The van der Waals surface area contributed by atoms with E-state index in [0.717, 1.165) is 17.0 Å². The molecule has 9 heteroatoms. The molecule has 0 atom stereocenters. The van der Waals surface area contributed by atoms with Gasteiger partial charge in [0.1, 0.15) is 17.3 Å². The van der Waals surface area contributed by atoms with E-state index in [1.165, 1.54) is 18.2 Å². The van der Waals surface area contributed by atoms with Gasteiger partial charge in [-0.05, 0) is 73.2 Å². The van der Waals surface area contributed by atoms with E-state index in [1.54, 1.807) is 44.7 Å². The van der Waals surface area contributed by atoms with Crippen LogP contribution in [0.25, 0.3) is 10.9 Å². The maximum atomic E-state index is 13.4. The van der Waals surface area contributed by atoms with E-state index in [4.69, 9.17) is 26.4 Å². The zero-order valence-corrected chi connectivity index (χ0v) is 20.0. The second-order valence-corrected chi connectivity index (χ2v) is 7.94. The lowest BCUT2D eigenvalue weighted by Crippen LogP contribution is -2.34. The molecule has 0 saturated heterocycles. The molecule has 0 fully saturated rings. The number of rotatable bonds is 6. The van der Waals surface area contributed by atoms with E-state index in [1.807, 2.05) is 19.1 Å². The molecule has 1 amide bonds. The van der Waals surface area contributed by atoms with Gasteiger partial charge in [0.15, 0.2) is 16.6 Å².